The second-order valence-corrected chi connectivity index (χ2v) is 4.06. The van der Waals surface area contributed by atoms with Crippen molar-refractivity contribution in [1.29, 1.82) is 0 Å². The Hall–Kier alpha value is -1.61. The van der Waals surface area contributed by atoms with Crippen molar-refractivity contribution >= 4 is 0 Å². The molecule has 15 heavy (non-hydrogen) atoms. The van der Waals surface area contributed by atoms with Crippen molar-refractivity contribution in [1.82, 2.24) is 9.78 Å². The zero-order chi connectivity index (χ0) is 10.3. The highest BCUT2D eigenvalue weighted by atomic mass is 15.3. The van der Waals surface area contributed by atoms with Crippen molar-refractivity contribution < 1.29 is 0 Å². The normalized spacial score (nSPS) is 24.1. The van der Waals surface area contributed by atoms with Crippen LogP contribution < -0.4 is 5.73 Å². The third kappa shape index (κ3) is 1.55. The van der Waals surface area contributed by atoms with E-state index in [1.807, 2.05) is 41.2 Å². The minimum atomic E-state index is 0.346. The summed E-state index contributed by atoms with van der Waals surface area (Å²) in [5, 5.41) is 4.34. The van der Waals surface area contributed by atoms with Gasteiger partial charge in [0.15, 0.2) is 0 Å². The van der Waals surface area contributed by atoms with Gasteiger partial charge in [0.1, 0.15) is 0 Å². The molecule has 0 amide bonds. The Labute approximate surface area is 88.5 Å². The van der Waals surface area contributed by atoms with Crippen molar-refractivity contribution in [2.24, 2.45) is 5.73 Å². The molecule has 1 saturated carbocycles. The van der Waals surface area contributed by atoms with E-state index in [9.17, 15) is 0 Å². The molecule has 1 aliphatic rings. The second kappa shape index (κ2) is 3.21. The van der Waals surface area contributed by atoms with Gasteiger partial charge in [0, 0.05) is 18.2 Å². The Morgan fingerprint density at radius 1 is 1.27 bits per heavy atom. The quantitative estimate of drug-likeness (QED) is 0.799. The standard InChI is InChI=1S/C12H13N3/c13-12-6-11(12)9-7-14-15(8-9)10-4-2-1-3-5-10/h1-5,7-8,11-12H,6,13H2/t11-,12-/m1/s1. The van der Waals surface area contributed by atoms with Crippen LogP contribution in [0.5, 0.6) is 0 Å². The number of para-hydroxylation sites is 1. The van der Waals surface area contributed by atoms with Gasteiger partial charge in [0.05, 0.1) is 11.9 Å². The monoisotopic (exact) mass is 199 g/mol. The summed E-state index contributed by atoms with van der Waals surface area (Å²) < 4.78 is 1.90. The maximum atomic E-state index is 5.81. The second-order valence-electron chi connectivity index (χ2n) is 4.06. The molecular formula is C12H13N3. The number of nitrogens with two attached hydrogens (primary N) is 1. The highest BCUT2D eigenvalue weighted by Gasteiger charge is 2.35. The zero-order valence-corrected chi connectivity index (χ0v) is 8.38. The van der Waals surface area contributed by atoms with E-state index in [4.69, 9.17) is 5.73 Å². The summed E-state index contributed by atoms with van der Waals surface area (Å²) >= 11 is 0. The lowest BCUT2D eigenvalue weighted by Gasteiger charge is -1.98. The summed E-state index contributed by atoms with van der Waals surface area (Å²) in [6.45, 7) is 0. The minimum Gasteiger partial charge on any atom is -0.327 e. The van der Waals surface area contributed by atoms with E-state index in [0.717, 1.165) is 12.1 Å². The van der Waals surface area contributed by atoms with Crippen LogP contribution in [0, 0.1) is 0 Å². The summed E-state index contributed by atoms with van der Waals surface area (Å²) in [4.78, 5) is 0. The SMILES string of the molecule is N[C@@H]1C[C@@H]1c1cnn(-c2ccccc2)c1. The predicted molar refractivity (Wildman–Crippen MR) is 58.9 cm³/mol. The van der Waals surface area contributed by atoms with E-state index in [1.165, 1.54) is 5.56 Å². The smallest absolute Gasteiger partial charge is 0.0645 e. The molecule has 0 aliphatic heterocycles. The summed E-state index contributed by atoms with van der Waals surface area (Å²) in [6.07, 6.45) is 5.10. The molecule has 2 aromatic rings. The molecule has 1 fully saturated rings. The van der Waals surface area contributed by atoms with Crippen LogP contribution in [0.25, 0.3) is 5.69 Å². The van der Waals surface area contributed by atoms with Gasteiger partial charge >= 0.3 is 0 Å². The Morgan fingerprint density at radius 3 is 2.67 bits per heavy atom. The maximum Gasteiger partial charge on any atom is 0.0645 e. The van der Waals surface area contributed by atoms with E-state index in [0.29, 0.717) is 12.0 Å². The lowest BCUT2D eigenvalue weighted by molar-refractivity contribution is 0.879. The van der Waals surface area contributed by atoms with Crippen LogP contribution in [0.15, 0.2) is 42.7 Å². The van der Waals surface area contributed by atoms with Gasteiger partial charge in [-0.05, 0) is 24.1 Å². The molecule has 76 valence electrons. The van der Waals surface area contributed by atoms with Crippen LogP contribution in [-0.2, 0) is 0 Å². The summed E-state index contributed by atoms with van der Waals surface area (Å²) in [7, 11) is 0. The highest BCUT2D eigenvalue weighted by Crippen LogP contribution is 2.38. The van der Waals surface area contributed by atoms with Crippen molar-refractivity contribution in [3.8, 4) is 5.69 Å². The van der Waals surface area contributed by atoms with Gasteiger partial charge in [-0.15, -0.1) is 0 Å². The van der Waals surface area contributed by atoms with Crippen LogP contribution in [0.4, 0.5) is 0 Å². The van der Waals surface area contributed by atoms with Gasteiger partial charge in [-0.25, -0.2) is 4.68 Å². The molecule has 0 unspecified atom stereocenters. The fraction of sp³-hybridized carbons (Fsp3) is 0.250. The molecule has 0 radical (unpaired) electrons. The first-order valence-electron chi connectivity index (χ1n) is 5.20. The Kier molecular flexibility index (Phi) is 1.86. The van der Waals surface area contributed by atoms with Crippen LogP contribution in [-0.4, -0.2) is 15.8 Å². The predicted octanol–water partition coefficient (Wildman–Crippen LogP) is 1.69. The Morgan fingerprint density at radius 2 is 2.00 bits per heavy atom. The van der Waals surface area contributed by atoms with Gasteiger partial charge in [0.2, 0.25) is 0 Å². The molecule has 3 heteroatoms. The number of nitrogens with zero attached hydrogens (tertiary/aromatic N) is 2. The molecule has 1 aromatic carbocycles. The molecule has 3 nitrogen and oxygen atoms in total. The van der Waals surface area contributed by atoms with Gasteiger partial charge in [-0.2, -0.15) is 5.10 Å². The molecule has 1 aliphatic carbocycles. The third-order valence-corrected chi connectivity index (χ3v) is 2.89. The lowest BCUT2D eigenvalue weighted by atomic mass is 10.2. The summed E-state index contributed by atoms with van der Waals surface area (Å²) in [6, 6.07) is 10.5. The maximum absolute atomic E-state index is 5.81. The number of hydrogen-bond acceptors (Lipinski definition) is 2. The van der Waals surface area contributed by atoms with Crippen LogP contribution >= 0.6 is 0 Å². The van der Waals surface area contributed by atoms with Crippen LogP contribution in [0.3, 0.4) is 0 Å². The van der Waals surface area contributed by atoms with E-state index in [-0.39, 0.29) is 0 Å². The van der Waals surface area contributed by atoms with E-state index in [1.54, 1.807) is 0 Å². The molecule has 1 aromatic heterocycles. The first kappa shape index (κ1) is 8.68. The molecule has 2 N–H and O–H groups in total. The number of aromatic nitrogens is 2. The topological polar surface area (TPSA) is 43.8 Å². The van der Waals surface area contributed by atoms with Gasteiger partial charge < -0.3 is 5.73 Å². The van der Waals surface area contributed by atoms with Crippen molar-refractivity contribution in [3.05, 3.63) is 48.3 Å². The molecule has 0 spiro atoms. The summed E-state index contributed by atoms with van der Waals surface area (Å²) in [5.74, 6) is 0.530. The number of hydrogen-bond donors (Lipinski definition) is 1. The van der Waals surface area contributed by atoms with Crippen LogP contribution in [0.2, 0.25) is 0 Å². The van der Waals surface area contributed by atoms with Crippen molar-refractivity contribution in [2.75, 3.05) is 0 Å². The number of rotatable bonds is 2. The fourth-order valence-corrected chi connectivity index (χ4v) is 1.85. The van der Waals surface area contributed by atoms with E-state index < -0.39 is 0 Å². The first-order valence-corrected chi connectivity index (χ1v) is 5.20. The Balaban J connectivity index is 1.91. The molecule has 3 rings (SSSR count). The van der Waals surface area contributed by atoms with Gasteiger partial charge in [-0.1, -0.05) is 18.2 Å². The zero-order valence-electron chi connectivity index (χ0n) is 8.38. The average Bonchev–Trinajstić information content (AvgIpc) is 2.83. The molecule has 1 heterocycles. The average molecular weight is 199 g/mol. The molecule has 0 bridgehead atoms. The Bertz CT molecular complexity index is 461. The summed E-state index contributed by atoms with van der Waals surface area (Å²) in [5.41, 5.74) is 8.16. The third-order valence-electron chi connectivity index (χ3n) is 2.89. The van der Waals surface area contributed by atoms with Crippen LogP contribution in [0.1, 0.15) is 17.9 Å². The molecule has 0 saturated heterocycles. The van der Waals surface area contributed by atoms with E-state index in [2.05, 4.69) is 11.3 Å². The minimum absolute atomic E-state index is 0.346. The van der Waals surface area contributed by atoms with Gasteiger partial charge in [-0.3, -0.25) is 0 Å². The first-order chi connectivity index (χ1) is 7.34. The fourth-order valence-electron chi connectivity index (χ4n) is 1.85. The molecular weight excluding hydrogens is 186 g/mol. The molecule has 2 atom stereocenters. The van der Waals surface area contributed by atoms with Crippen molar-refractivity contribution in [2.45, 2.75) is 18.4 Å². The van der Waals surface area contributed by atoms with Crippen molar-refractivity contribution in [3.63, 3.8) is 0 Å². The number of benzene rings is 1. The van der Waals surface area contributed by atoms with E-state index >= 15 is 0 Å². The lowest BCUT2D eigenvalue weighted by Crippen LogP contribution is -2.00. The highest BCUT2D eigenvalue weighted by molar-refractivity contribution is 5.33. The van der Waals surface area contributed by atoms with Gasteiger partial charge in [0.25, 0.3) is 0 Å². The largest absolute Gasteiger partial charge is 0.327 e.